The second-order valence-corrected chi connectivity index (χ2v) is 36.1. The summed E-state index contributed by atoms with van der Waals surface area (Å²) in [6.45, 7) is 44.6. The molecule has 8 aliphatic carbocycles. The third-order valence-electron chi connectivity index (χ3n) is 23.7. The van der Waals surface area contributed by atoms with E-state index in [-0.39, 0.29) is 69.4 Å². The number of hydrogen-bond acceptors (Lipinski definition) is 16. The standard InChI is InChI=1S/C19H24O2.2C17H27NO2.2C10H16O4.C10H20O2/c1-6-18(2,3)17(20)21-19(4,5)16-12-11-14-9-7-8-10-15(14)13-16;2*1-4-16(2,3)14(19)18-15(20)17-8-11-5-12(9-17)7-13(6-11)10-17;2*1-4-10(2,3)9(12)14-7-5-6-13-8(7)11;1-7-10(5,6)8(11)12-9(2,3)4/h7-13H,6H2,1-5H3;2*11-13H,4-10H2,1-3H3,(H,18,19,20);2*7H,4-6H2,1-3H3;7H2,1-6H3. The van der Waals surface area contributed by atoms with Gasteiger partial charge in [-0.05, 0) is 263 Å². The van der Waals surface area contributed by atoms with Crippen molar-refractivity contribution in [1.82, 2.24) is 10.6 Å². The Morgan fingerprint density at radius 1 is 0.406 bits per heavy atom. The van der Waals surface area contributed by atoms with Crippen LogP contribution in [0.2, 0.25) is 0 Å². The van der Waals surface area contributed by atoms with Gasteiger partial charge in [0, 0.05) is 23.7 Å². The number of cyclic esters (lactones) is 2. The highest BCUT2D eigenvalue weighted by atomic mass is 16.6. The lowest BCUT2D eigenvalue weighted by Crippen LogP contribution is -2.55. The van der Waals surface area contributed by atoms with Gasteiger partial charge in [-0.2, -0.15) is 0 Å². The Kier molecular flexibility index (Phi) is 28.9. The molecule has 4 amide bonds. The van der Waals surface area contributed by atoms with Crippen molar-refractivity contribution in [2.45, 2.75) is 311 Å². The number of amides is 4. The minimum Gasteiger partial charge on any atom is -0.463 e. The summed E-state index contributed by atoms with van der Waals surface area (Å²) in [5, 5.41) is 7.85. The number of nitrogens with one attached hydrogen (secondary N) is 2. The Morgan fingerprint density at radius 2 is 0.703 bits per heavy atom. The first-order chi connectivity index (χ1) is 46.6. The molecule has 2 atom stereocenters. The molecule has 568 valence electrons. The summed E-state index contributed by atoms with van der Waals surface area (Å²) in [4.78, 5) is 119. The predicted molar refractivity (Wildman–Crippen MR) is 392 cm³/mol. The number of rotatable bonds is 18. The van der Waals surface area contributed by atoms with Crippen LogP contribution in [0.15, 0.2) is 42.5 Å². The van der Waals surface area contributed by atoms with Gasteiger partial charge in [-0.25, -0.2) is 9.59 Å². The van der Waals surface area contributed by atoms with Gasteiger partial charge in [0.15, 0.2) is 0 Å². The zero-order valence-electron chi connectivity index (χ0n) is 66.2. The SMILES string of the molecule is CCC(C)(C)C(=O)NC(=O)C12CC3CC(CC(C3)C1)C2.CCC(C)(C)C(=O)NC(=O)C12CC3CC(CC(C3)C1)C2.CCC(C)(C)C(=O)OC(C)(C)C.CCC(C)(C)C(=O)OC(C)(C)c1ccc2ccccc2c1.CCC(C)(C)C(=O)OC1CCOC1=O.CCC(C)(C)C(=O)OC1CCOC1=O. The second-order valence-electron chi connectivity index (χ2n) is 36.1. The number of esters is 6. The Balaban J connectivity index is 0.000000221. The van der Waals surface area contributed by atoms with Gasteiger partial charge < -0.3 is 28.4 Å². The van der Waals surface area contributed by atoms with Gasteiger partial charge in [-0.15, -0.1) is 0 Å². The van der Waals surface area contributed by atoms with Crippen molar-refractivity contribution in [3.63, 3.8) is 0 Å². The maximum atomic E-state index is 12.7. The quantitative estimate of drug-likeness (QED) is 0.104. The number of carbonyl (C=O) groups excluding carboxylic acids is 10. The monoisotopic (exact) mass is 1410 g/mol. The van der Waals surface area contributed by atoms with E-state index in [2.05, 4.69) is 34.9 Å². The molecule has 2 aliphatic heterocycles. The van der Waals surface area contributed by atoms with E-state index in [0.29, 0.717) is 38.9 Å². The predicted octanol–water partition coefficient (Wildman–Crippen LogP) is 16.9. The van der Waals surface area contributed by atoms with Crippen LogP contribution in [-0.2, 0) is 82.0 Å². The maximum absolute atomic E-state index is 12.7. The Hall–Kier alpha value is -6.20. The van der Waals surface area contributed by atoms with Gasteiger partial charge in [0.05, 0.1) is 45.7 Å². The van der Waals surface area contributed by atoms with Crippen LogP contribution in [0.5, 0.6) is 0 Å². The molecular formula is C83H130N2O16. The zero-order chi connectivity index (χ0) is 76.3. The molecule has 0 radical (unpaired) electrons. The smallest absolute Gasteiger partial charge is 0.347 e. The number of benzene rings is 2. The number of fused-ring (bicyclic) bond motifs is 1. The molecule has 0 aromatic heterocycles. The lowest BCUT2D eigenvalue weighted by atomic mass is 9.49. The molecule has 0 spiro atoms. The third-order valence-corrected chi connectivity index (χ3v) is 23.7. The van der Waals surface area contributed by atoms with Crippen LogP contribution in [-0.4, -0.2) is 90.5 Å². The molecule has 18 nitrogen and oxygen atoms in total. The van der Waals surface area contributed by atoms with Crippen LogP contribution in [0, 0.1) is 78.8 Å². The molecule has 8 bridgehead atoms. The summed E-state index contributed by atoms with van der Waals surface area (Å²) >= 11 is 0. The minimum absolute atomic E-state index is 0.0307. The summed E-state index contributed by atoms with van der Waals surface area (Å²) in [6.07, 6.45) is 18.1. The van der Waals surface area contributed by atoms with E-state index in [1.54, 1.807) is 27.7 Å². The largest absolute Gasteiger partial charge is 0.463 e. The van der Waals surface area contributed by atoms with Gasteiger partial charge in [-0.1, -0.05) is 106 Å². The van der Waals surface area contributed by atoms with Gasteiger partial charge in [0.25, 0.3) is 0 Å². The van der Waals surface area contributed by atoms with Crippen LogP contribution in [0.25, 0.3) is 10.8 Å². The van der Waals surface area contributed by atoms with Crippen LogP contribution >= 0.6 is 0 Å². The van der Waals surface area contributed by atoms with Crippen molar-refractivity contribution >= 4 is 70.2 Å². The Morgan fingerprint density at radius 3 is 0.990 bits per heavy atom. The summed E-state index contributed by atoms with van der Waals surface area (Å²) in [7, 11) is 0. The van der Waals surface area contributed by atoms with Crippen molar-refractivity contribution in [2.75, 3.05) is 13.2 Å². The van der Waals surface area contributed by atoms with Gasteiger partial charge in [0.1, 0.15) is 11.2 Å². The van der Waals surface area contributed by atoms with Crippen molar-refractivity contribution < 1.29 is 76.4 Å². The van der Waals surface area contributed by atoms with Crippen LogP contribution in [0.4, 0.5) is 0 Å². The second kappa shape index (κ2) is 34.1. The Bertz CT molecular complexity index is 3040. The van der Waals surface area contributed by atoms with Gasteiger partial charge in [0.2, 0.25) is 35.8 Å². The third kappa shape index (κ3) is 22.9. The summed E-state index contributed by atoms with van der Waals surface area (Å²) in [5.74, 6) is 2.52. The lowest BCUT2D eigenvalue weighted by molar-refractivity contribution is -0.168. The molecule has 2 N–H and O–H groups in total. The molecule has 2 saturated heterocycles. The molecule has 18 heteroatoms. The number of imide groups is 2. The van der Waals surface area contributed by atoms with E-state index in [1.807, 2.05) is 150 Å². The fourth-order valence-electron chi connectivity index (χ4n) is 14.6. The first-order valence-corrected chi connectivity index (χ1v) is 38.0. The van der Waals surface area contributed by atoms with Crippen LogP contribution in [0.1, 0.15) is 293 Å². The highest BCUT2D eigenvalue weighted by molar-refractivity contribution is 6.01. The molecule has 2 unspecified atom stereocenters. The summed E-state index contributed by atoms with van der Waals surface area (Å²) < 4.78 is 30.6. The molecule has 2 heterocycles. The molecule has 12 rings (SSSR count). The maximum Gasteiger partial charge on any atom is 0.347 e. The van der Waals surface area contributed by atoms with E-state index < -0.39 is 56.8 Å². The number of hydrogen-bond donors (Lipinski definition) is 2. The van der Waals surface area contributed by atoms with Gasteiger partial charge >= 0.3 is 35.8 Å². The van der Waals surface area contributed by atoms with Crippen molar-refractivity contribution in [3.8, 4) is 0 Å². The zero-order valence-corrected chi connectivity index (χ0v) is 66.2. The first-order valence-electron chi connectivity index (χ1n) is 38.0. The van der Waals surface area contributed by atoms with E-state index in [0.717, 1.165) is 111 Å². The molecular weight excluding hydrogens is 1280 g/mol. The van der Waals surface area contributed by atoms with E-state index >= 15 is 0 Å². The topological polar surface area (TPSA) is 250 Å². The molecule has 2 aromatic carbocycles. The normalized spacial score (nSPS) is 25.6. The fourth-order valence-corrected chi connectivity index (χ4v) is 14.6. The van der Waals surface area contributed by atoms with Crippen LogP contribution < -0.4 is 10.6 Å². The highest BCUT2D eigenvalue weighted by Crippen LogP contribution is 2.61. The fraction of sp³-hybridized carbons (Fsp3) is 0.759. The van der Waals surface area contributed by atoms with Crippen LogP contribution in [0.3, 0.4) is 0 Å². The molecule has 10 fully saturated rings. The first kappa shape index (κ1) is 85.4. The Labute approximate surface area is 605 Å². The average molecular weight is 1410 g/mol. The van der Waals surface area contributed by atoms with Gasteiger partial charge in [-0.3, -0.25) is 49.0 Å². The molecule has 10 aliphatic rings. The molecule has 8 saturated carbocycles. The summed E-state index contributed by atoms with van der Waals surface area (Å²) in [5.41, 5.74) is -3.16. The minimum atomic E-state index is -0.687. The van der Waals surface area contributed by atoms with E-state index in [1.165, 1.54) is 43.9 Å². The number of ether oxygens (including phenoxy) is 6. The average Bonchev–Trinajstić information content (AvgIpc) is 1.73. The molecule has 101 heavy (non-hydrogen) atoms. The van der Waals surface area contributed by atoms with Crippen molar-refractivity contribution in [3.05, 3.63) is 48.0 Å². The molecule has 2 aromatic rings. The van der Waals surface area contributed by atoms with E-state index in [4.69, 9.17) is 28.4 Å². The van der Waals surface area contributed by atoms with E-state index in [9.17, 15) is 47.9 Å². The summed E-state index contributed by atoms with van der Waals surface area (Å²) in [6, 6.07) is 14.4. The highest BCUT2D eigenvalue weighted by Gasteiger charge is 2.57. The van der Waals surface area contributed by atoms with Crippen molar-refractivity contribution in [2.24, 2.45) is 78.8 Å². The van der Waals surface area contributed by atoms with Crippen molar-refractivity contribution in [1.29, 1.82) is 0 Å². The lowest BCUT2D eigenvalue weighted by Gasteiger charge is -2.55. The number of carbonyl (C=O) groups is 10.